The van der Waals surface area contributed by atoms with Gasteiger partial charge in [-0.1, -0.05) is 24.3 Å². The molecular formula is C38H33FN6O4S. The fourth-order valence-corrected chi connectivity index (χ4v) is 9.14. The molecule has 0 unspecified atom stereocenters. The second-order valence-corrected chi connectivity index (χ2v) is 14.2. The molecule has 0 saturated carbocycles. The van der Waals surface area contributed by atoms with E-state index < -0.39 is 5.76 Å². The van der Waals surface area contributed by atoms with E-state index in [9.17, 15) is 14.0 Å². The van der Waals surface area contributed by atoms with Crippen LogP contribution in [0.15, 0.2) is 63.8 Å². The van der Waals surface area contributed by atoms with Gasteiger partial charge in [0.1, 0.15) is 17.4 Å². The second kappa shape index (κ2) is 11.9. The van der Waals surface area contributed by atoms with Crippen molar-refractivity contribution >= 4 is 33.1 Å². The molecule has 1 aliphatic carbocycles. The van der Waals surface area contributed by atoms with Crippen LogP contribution in [-0.4, -0.2) is 44.6 Å². The lowest BCUT2D eigenvalue weighted by molar-refractivity contribution is 0.0776. The Labute approximate surface area is 290 Å². The van der Waals surface area contributed by atoms with E-state index in [1.54, 1.807) is 30.6 Å². The number of aryl methyl sites for hydroxylation is 3. The first-order valence-electron chi connectivity index (χ1n) is 16.9. The molecule has 1 fully saturated rings. The van der Waals surface area contributed by atoms with Gasteiger partial charge in [0.2, 0.25) is 0 Å². The van der Waals surface area contributed by atoms with Crippen molar-refractivity contribution in [3.63, 3.8) is 0 Å². The minimum atomic E-state index is -0.695. The van der Waals surface area contributed by atoms with Gasteiger partial charge in [-0.2, -0.15) is 0 Å². The summed E-state index contributed by atoms with van der Waals surface area (Å²) < 4.78 is 26.0. The minimum Gasteiger partial charge on any atom is -0.496 e. The normalized spacial score (nSPS) is 17.7. The number of halogens is 1. The Morgan fingerprint density at radius 2 is 1.92 bits per heavy atom. The average molecular weight is 689 g/mol. The summed E-state index contributed by atoms with van der Waals surface area (Å²) in [6.45, 7) is 2.64. The van der Waals surface area contributed by atoms with Crippen molar-refractivity contribution in [1.29, 1.82) is 0 Å². The molecule has 0 spiro atoms. The fourth-order valence-electron chi connectivity index (χ4n) is 7.99. The van der Waals surface area contributed by atoms with Crippen molar-refractivity contribution in [3.8, 4) is 27.6 Å². The van der Waals surface area contributed by atoms with Crippen molar-refractivity contribution in [3.05, 3.63) is 110 Å². The molecule has 2 atom stereocenters. The zero-order valence-corrected chi connectivity index (χ0v) is 28.3. The number of aromatic amines is 1. The zero-order chi connectivity index (χ0) is 34.1. The Kier molecular flexibility index (Phi) is 7.30. The quantitative estimate of drug-likeness (QED) is 0.170. The number of methoxy groups -OCH3 is 1. The van der Waals surface area contributed by atoms with Crippen LogP contribution in [0.25, 0.3) is 32.0 Å². The fraction of sp³-hybridized carbons (Fsp3) is 0.289. The molecule has 2 aliphatic heterocycles. The molecule has 1 saturated heterocycles. The van der Waals surface area contributed by atoms with E-state index in [0.717, 1.165) is 69.2 Å². The summed E-state index contributed by atoms with van der Waals surface area (Å²) in [5.74, 6) is 0.687. The van der Waals surface area contributed by atoms with Crippen molar-refractivity contribution < 1.29 is 18.3 Å². The number of fused-ring (bicyclic) bond motifs is 5. The number of benzene rings is 2. The average Bonchev–Trinajstić information content (AvgIpc) is 3.95. The largest absolute Gasteiger partial charge is 0.496 e. The van der Waals surface area contributed by atoms with Crippen LogP contribution < -0.4 is 15.8 Å². The number of nitrogens with one attached hydrogen (secondary N) is 2. The summed E-state index contributed by atoms with van der Waals surface area (Å²) in [6.07, 6.45) is 4.58. The van der Waals surface area contributed by atoms with Gasteiger partial charge in [-0.3, -0.25) is 9.78 Å². The molecular weight excluding hydrogens is 656 g/mol. The number of nitrogens with zero attached hydrogens (tertiary/aromatic N) is 4. The molecule has 252 valence electrons. The van der Waals surface area contributed by atoms with E-state index >= 15 is 0 Å². The molecule has 3 aliphatic rings. The topological polar surface area (TPSA) is 126 Å². The number of ether oxygens (including phenoxy) is 1. The first-order chi connectivity index (χ1) is 24.4. The Hall–Kier alpha value is -5.36. The molecule has 9 rings (SSSR count). The van der Waals surface area contributed by atoms with Crippen LogP contribution in [0.2, 0.25) is 0 Å². The van der Waals surface area contributed by atoms with Crippen molar-refractivity contribution in [2.24, 2.45) is 0 Å². The second-order valence-electron chi connectivity index (χ2n) is 13.2. The number of aromatic nitrogens is 4. The number of hydrogen-bond donors (Lipinski definition) is 2. The molecule has 10 nitrogen and oxygen atoms in total. The van der Waals surface area contributed by atoms with Crippen LogP contribution >= 0.6 is 11.3 Å². The molecule has 6 heterocycles. The highest BCUT2D eigenvalue weighted by Crippen LogP contribution is 2.50. The highest BCUT2D eigenvalue weighted by atomic mass is 32.1. The molecule has 0 radical (unpaired) electrons. The number of carbonyl (C=O) groups is 1. The van der Waals surface area contributed by atoms with E-state index in [1.165, 1.54) is 23.3 Å². The van der Waals surface area contributed by atoms with E-state index in [2.05, 4.69) is 33.7 Å². The van der Waals surface area contributed by atoms with Gasteiger partial charge in [0.05, 0.1) is 46.4 Å². The Balaban J connectivity index is 1.22. The van der Waals surface area contributed by atoms with Gasteiger partial charge in [0.15, 0.2) is 0 Å². The lowest BCUT2D eigenvalue weighted by Crippen LogP contribution is -2.22. The lowest BCUT2D eigenvalue weighted by Gasteiger charge is -2.17. The first-order valence-corrected chi connectivity index (χ1v) is 17.7. The number of carbonyl (C=O) groups excluding carboxylic acids is 1. The third kappa shape index (κ3) is 5.00. The molecule has 1 amide bonds. The van der Waals surface area contributed by atoms with Gasteiger partial charge in [0, 0.05) is 22.7 Å². The van der Waals surface area contributed by atoms with Crippen molar-refractivity contribution in [2.45, 2.75) is 57.5 Å². The van der Waals surface area contributed by atoms with E-state index in [1.807, 2.05) is 24.0 Å². The smallest absolute Gasteiger partial charge is 0.434 e. The van der Waals surface area contributed by atoms with Gasteiger partial charge in [0.25, 0.3) is 11.8 Å². The maximum Gasteiger partial charge on any atom is 0.434 e. The third-order valence-electron chi connectivity index (χ3n) is 10.2. The summed E-state index contributed by atoms with van der Waals surface area (Å²) in [6, 6.07) is 16.7. The number of H-pyrrole nitrogens is 1. The van der Waals surface area contributed by atoms with Crippen LogP contribution in [0.4, 0.5) is 10.2 Å². The molecule has 4 aromatic heterocycles. The number of rotatable bonds is 8. The van der Waals surface area contributed by atoms with Crippen LogP contribution in [0.5, 0.6) is 5.75 Å². The Morgan fingerprint density at radius 3 is 2.72 bits per heavy atom. The zero-order valence-electron chi connectivity index (χ0n) is 27.5. The van der Waals surface area contributed by atoms with Gasteiger partial charge < -0.3 is 19.4 Å². The molecule has 2 aromatic carbocycles. The van der Waals surface area contributed by atoms with E-state index in [-0.39, 0.29) is 29.7 Å². The standard InChI is InChI=1S/C38H33FN6O4S/c1-19-17-21-18-29(50-34(21)35(40-19)42-25-15-13-24-23(25)5-3-7-28(24)48-2)31-30(36-43-44-38(47)49-36)26(14-10-20-8-11-22(39)12-9-20)41-33-27-6-4-16-45(27)37(46)32(31)33/h3,5,7-9,11-12,17-18,25,27H,4,6,10,13-16H2,1-2H3,(H,40,42)(H,44,47)/t25-,27+/m1/s1. The summed E-state index contributed by atoms with van der Waals surface area (Å²) in [4.78, 5) is 39.5. The summed E-state index contributed by atoms with van der Waals surface area (Å²) in [5.41, 5.74) is 7.35. The van der Waals surface area contributed by atoms with Crippen LogP contribution in [0, 0.1) is 12.7 Å². The molecule has 6 aromatic rings. The number of amides is 1. The lowest BCUT2D eigenvalue weighted by atomic mass is 9.93. The summed E-state index contributed by atoms with van der Waals surface area (Å²) >= 11 is 1.55. The van der Waals surface area contributed by atoms with Crippen LogP contribution in [0.1, 0.15) is 75.5 Å². The summed E-state index contributed by atoms with van der Waals surface area (Å²) in [5, 5.41) is 11.4. The predicted molar refractivity (Wildman–Crippen MR) is 188 cm³/mol. The monoisotopic (exact) mass is 688 g/mol. The van der Waals surface area contributed by atoms with Gasteiger partial charge >= 0.3 is 5.76 Å². The van der Waals surface area contributed by atoms with Crippen LogP contribution in [0.3, 0.4) is 0 Å². The molecule has 50 heavy (non-hydrogen) atoms. The molecule has 0 bridgehead atoms. The summed E-state index contributed by atoms with van der Waals surface area (Å²) in [7, 11) is 1.70. The first kappa shape index (κ1) is 30.7. The number of anilines is 1. The Morgan fingerprint density at radius 1 is 1.06 bits per heavy atom. The van der Waals surface area contributed by atoms with Crippen molar-refractivity contribution in [1.82, 2.24) is 25.1 Å². The highest BCUT2D eigenvalue weighted by Gasteiger charge is 2.45. The van der Waals surface area contributed by atoms with Gasteiger partial charge in [-0.25, -0.2) is 19.3 Å². The van der Waals surface area contributed by atoms with E-state index in [0.29, 0.717) is 41.8 Å². The molecule has 12 heteroatoms. The maximum absolute atomic E-state index is 14.2. The Bertz CT molecular complexity index is 2380. The number of thiophene rings is 1. The van der Waals surface area contributed by atoms with E-state index in [4.69, 9.17) is 19.1 Å². The highest BCUT2D eigenvalue weighted by molar-refractivity contribution is 7.23. The predicted octanol–water partition coefficient (Wildman–Crippen LogP) is 7.33. The third-order valence-corrected chi connectivity index (χ3v) is 11.4. The van der Waals surface area contributed by atoms with Gasteiger partial charge in [-0.05, 0) is 97.9 Å². The number of hydrogen-bond acceptors (Lipinski definition) is 9. The minimum absolute atomic E-state index is 0.0639. The number of pyridine rings is 2. The maximum atomic E-state index is 14.2. The van der Waals surface area contributed by atoms with Crippen LogP contribution in [-0.2, 0) is 19.3 Å². The van der Waals surface area contributed by atoms with Gasteiger partial charge in [-0.15, -0.1) is 16.4 Å². The SMILES string of the molecule is COc1cccc2c1CC[C@H]2Nc1nc(C)cc2cc(-c3c4c(nc(CCc5ccc(F)cc5)c3-c3n[nH]c(=O)o3)[C@@H]3CCCN3C4=O)sc12. The van der Waals surface area contributed by atoms with Crippen molar-refractivity contribution in [2.75, 3.05) is 19.0 Å². The molecule has 2 N–H and O–H groups in total.